The third-order valence-corrected chi connectivity index (χ3v) is 3.84. The lowest BCUT2D eigenvalue weighted by Crippen LogP contribution is -2.27. The Balaban J connectivity index is 2.29. The predicted molar refractivity (Wildman–Crippen MR) is 94.3 cm³/mol. The monoisotopic (exact) mass is 342 g/mol. The van der Waals surface area contributed by atoms with E-state index in [4.69, 9.17) is 15.2 Å². The van der Waals surface area contributed by atoms with E-state index in [1.54, 1.807) is 25.2 Å². The molecule has 0 bridgehead atoms. The molecule has 0 radical (unpaired) electrons. The minimum absolute atomic E-state index is 0.177. The zero-order valence-corrected chi connectivity index (χ0v) is 14.5. The number of ether oxygens (including phenoxy) is 2. The molecule has 6 heteroatoms. The molecular formula is C19H22N2O4. The van der Waals surface area contributed by atoms with E-state index in [-0.39, 0.29) is 12.5 Å². The van der Waals surface area contributed by atoms with Crippen LogP contribution < -0.4 is 15.8 Å². The molecule has 1 unspecified atom stereocenters. The molecule has 0 heterocycles. The van der Waals surface area contributed by atoms with E-state index in [2.05, 4.69) is 5.32 Å². The number of likely N-dealkylation sites (N-methyl/N-ethyl adjacent to an activating group) is 1. The third-order valence-electron chi connectivity index (χ3n) is 3.84. The van der Waals surface area contributed by atoms with Crippen molar-refractivity contribution in [2.75, 3.05) is 14.2 Å². The summed E-state index contributed by atoms with van der Waals surface area (Å²) in [4.78, 5) is 23.6. The van der Waals surface area contributed by atoms with Gasteiger partial charge in [-0.25, -0.2) is 0 Å². The number of carbonyl (C=O) groups is 2. The summed E-state index contributed by atoms with van der Waals surface area (Å²) >= 11 is 0. The van der Waals surface area contributed by atoms with Crippen molar-refractivity contribution in [2.45, 2.75) is 19.6 Å². The lowest BCUT2D eigenvalue weighted by atomic mass is 10.0. The first-order valence-electron chi connectivity index (χ1n) is 7.83. The molecule has 0 aliphatic carbocycles. The Kier molecular flexibility index (Phi) is 6.14. The Morgan fingerprint density at radius 1 is 1.20 bits per heavy atom. The van der Waals surface area contributed by atoms with E-state index < -0.39 is 12.0 Å². The van der Waals surface area contributed by atoms with Crippen molar-refractivity contribution in [3.63, 3.8) is 0 Å². The Bertz CT molecular complexity index is 774. The number of nitrogens with two attached hydrogens (primary N) is 1. The average molecular weight is 342 g/mol. The summed E-state index contributed by atoms with van der Waals surface area (Å²) in [5, 5.41) is 2.58. The van der Waals surface area contributed by atoms with Crippen molar-refractivity contribution in [1.82, 2.24) is 5.32 Å². The van der Waals surface area contributed by atoms with E-state index in [1.165, 1.54) is 7.11 Å². The number of aryl methyl sites for hydroxylation is 1. The van der Waals surface area contributed by atoms with Crippen LogP contribution in [-0.2, 0) is 16.1 Å². The van der Waals surface area contributed by atoms with E-state index in [0.717, 1.165) is 11.1 Å². The standard InChI is InChI=1S/C19H22N2O4/c1-12-8-9-15(18(20)22)16(10-12)25-11-13-6-4-5-7-14(13)17(24-3)19(23)21-2/h4-10,17H,11H2,1-3H3,(H2,20,22)(H,21,23). The molecule has 1 atom stereocenters. The van der Waals surface area contributed by atoms with E-state index in [9.17, 15) is 9.59 Å². The molecule has 0 saturated carbocycles. The lowest BCUT2D eigenvalue weighted by Gasteiger charge is -2.18. The van der Waals surface area contributed by atoms with Crippen LogP contribution in [0.5, 0.6) is 5.75 Å². The number of carbonyl (C=O) groups excluding carboxylic acids is 2. The summed E-state index contributed by atoms with van der Waals surface area (Å²) in [5.41, 5.74) is 8.16. The fourth-order valence-corrected chi connectivity index (χ4v) is 2.54. The highest BCUT2D eigenvalue weighted by Gasteiger charge is 2.22. The summed E-state index contributed by atoms with van der Waals surface area (Å²) in [6, 6.07) is 12.5. The quantitative estimate of drug-likeness (QED) is 0.806. The number of primary amides is 1. The van der Waals surface area contributed by atoms with Gasteiger partial charge >= 0.3 is 0 Å². The maximum Gasteiger partial charge on any atom is 0.253 e. The van der Waals surface area contributed by atoms with Crippen LogP contribution in [0.1, 0.15) is 33.2 Å². The number of hydrogen-bond acceptors (Lipinski definition) is 4. The van der Waals surface area contributed by atoms with Gasteiger partial charge in [-0.2, -0.15) is 0 Å². The van der Waals surface area contributed by atoms with Gasteiger partial charge in [0.1, 0.15) is 12.4 Å². The second-order valence-corrected chi connectivity index (χ2v) is 5.58. The highest BCUT2D eigenvalue weighted by atomic mass is 16.5. The molecule has 132 valence electrons. The first-order chi connectivity index (χ1) is 12.0. The van der Waals surface area contributed by atoms with E-state index in [1.807, 2.05) is 31.2 Å². The summed E-state index contributed by atoms with van der Waals surface area (Å²) < 4.78 is 11.1. The van der Waals surface area contributed by atoms with Crippen molar-refractivity contribution in [3.05, 3.63) is 64.7 Å². The molecule has 0 spiro atoms. The molecular weight excluding hydrogens is 320 g/mol. The smallest absolute Gasteiger partial charge is 0.253 e. The summed E-state index contributed by atoms with van der Waals surface area (Å²) in [6.45, 7) is 2.08. The molecule has 2 amide bonds. The maximum absolute atomic E-state index is 12.0. The first kappa shape index (κ1) is 18.5. The van der Waals surface area contributed by atoms with Crippen LogP contribution in [0.2, 0.25) is 0 Å². The largest absolute Gasteiger partial charge is 0.488 e. The van der Waals surface area contributed by atoms with Crippen molar-refractivity contribution in [3.8, 4) is 5.75 Å². The fourth-order valence-electron chi connectivity index (χ4n) is 2.54. The number of rotatable bonds is 7. The normalized spacial score (nSPS) is 11.6. The maximum atomic E-state index is 12.0. The second-order valence-electron chi connectivity index (χ2n) is 5.58. The highest BCUT2D eigenvalue weighted by molar-refractivity contribution is 5.95. The van der Waals surface area contributed by atoms with Gasteiger partial charge in [0.25, 0.3) is 11.8 Å². The predicted octanol–water partition coefficient (Wildman–Crippen LogP) is 2.11. The van der Waals surface area contributed by atoms with Crippen LogP contribution >= 0.6 is 0 Å². The van der Waals surface area contributed by atoms with Gasteiger partial charge in [-0.05, 0) is 35.7 Å². The Labute approximate surface area is 146 Å². The lowest BCUT2D eigenvalue weighted by molar-refractivity contribution is -0.130. The fraction of sp³-hybridized carbons (Fsp3) is 0.263. The number of nitrogens with one attached hydrogen (secondary N) is 1. The third kappa shape index (κ3) is 4.36. The molecule has 25 heavy (non-hydrogen) atoms. The number of hydrogen-bond donors (Lipinski definition) is 2. The minimum Gasteiger partial charge on any atom is -0.488 e. The molecule has 2 rings (SSSR count). The van der Waals surface area contributed by atoms with Crippen molar-refractivity contribution in [1.29, 1.82) is 0 Å². The summed E-state index contributed by atoms with van der Waals surface area (Å²) in [6.07, 6.45) is -0.738. The van der Waals surface area contributed by atoms with Crippen LogP contribution in [0.4, 0.5) is 0 Å². The molecule has 0 aliphatic rings. The van der Waals surface area contributed by atoms with E-state index in [0.29, 0.717) is 16.9 Å². The SMILES string of the molecule is CNC(=O)C(OC)c1ccccc1COc1cc(C)ccc1C(N)=O. The Hall–Kier alpha value is -2.86. The molecule has 2 aromatic rings. The zero-order chi connectivity index (χ0) is 18.4. The van der Waals surface area contributed by atoms with Crippen LogP contribution in [-0.4, -0.2) is 26.0 Å². The number of benzene rings is 2. The van der Waals surface area contributed by atoms with Gasteiger partial charge in [-0.1, -0.05) is 30.3 Å². The molecule has 2 aromatic carbocycles. The number of amides is 2. The van der Waals surface area contributed by atoms with Gasteiger partial charge in [0.05, 0.1) is 5.56 Å². The van der Waals surface area contributed by atoms with Crippen LogP contribution in [0.3, 0.4) is 0 Å². The summed E-state index contributed by atoms with van der Waals surface area (Å²) in [7, 11) is 3.03. The zero-order valence-electron chi connectivity index (χ0n) is 14.5. The highest BCUT2D eigenvalue weighted by Crippen LogP contribution is 2.25. The average Bonchev–Trinajstić information content (AvgIpc) is 2.61. The molecule has 0 saturated heterocycles. The van der Waals surface area contributed by atoms with Gasteiger partial charge in [0.15, 0.2) is 6.10 Å². The Morgan fingerprint density at radius 2 is 1.92 bits per heavy atom. The van der Waals surface area contributed by atoms with Gasteiger partial charge in [-0.15, -0.1) is 0 Å². The first-order valence-corrected chi connectivity index (χ1v) is 7.83. The summed E-state index contributed by atoms with van der Waals surface area (Å²) in [5.74, 6) is -0.386. The topological polar surface area (TPSA) is 90.7 Å². The van der Waals surface area contributed by atoms with Crippen LogP contribution in [0.25, 0.3) is 0 Å². The molecule has 3 N–H and O–H groups in total. The second kappa shape index (κ2) is 8.30. The van der Waals surface area contributed by atoms with Crippen molar-refractivity contribution < 1.29 is 19.1 Å². The van der Waals surface area contributed by atoms with Crippen molar-refractivity contribution >= 4 is 11.8 Å². The van der Waals surface area contributed by atoms with Crippen LogP contribution in [0, 0.1) is 6.92 Å². The molecule has 0 aliphatic heterocycles. The minimum atomic E-state index is -0.738. The van der Waals surface area contributed by atoms with Crippen molar-refractivity contribution in [2.24, 2.45) is 5.73 Å². The molecule has 0 fully saturated rings. The number of methoxy groups -OCH3 is 1. The Morgan fingerprint density at radius 3 is 2.56 bits per heavy atom. The molecule has 0 aromatic heterocycles. The van der Waals surface area contributed by atoms with Gasteiger partial charge in [-0.3, -0.25) is 9.59 Å². The van der Waals surface area contributed by atoms with E-state index >= 15 is 0 Å². The molecule has 6 nitrogen and oxygen atoms in total. The van der Waals surface area contributed by atoms with Gasteiger partial charge < -0.3 is 20.5 Å². The van der Waals surface area contributed by atoms with Crippen LogP contribution in [0.15, 0.2) is 42.5 Å². The van der Waals surface area contributed by atoms with Gasteiger partial charge in [0, 0.05) is 14.2 Å². The van der Waals surface area contributed by atoms with Gasteiger partial charge in [0.2, 0.25) is 0 Å².